The van der Waals surface area contributed by atoms with E-state index in [0.717, 1.165) is 5.41 Å². The fourth-order valence-corrected chi connectivity index (χ4v) is 2.99. The highest BCUT2D eigenvalue weighted by atomic mass is 32.2. The van der Waals surface area contributed by atoms with Gasteiger partial charge in [0.25, 0.3) is 0 Å². The Balaban J connectivity index is 2.75. The van der Waals surface area contributed by atoms with Crippen molar-refractivity contribution in [2.75, 3.05) is 5.75 Å². The smallest absolute Gasteiger partial charge is 0.240 e. The second-order valence-corrected chi connectivity index (χ2v) is 6.07. The van der Waals surface area contributed by atoms with E-state index in [1.807, 2.05) is 6.07 Å². The van der Waals surface area contributed by atoms with Gasteiger partial charge >= 0.3 is 0 Å². The normalized spacial score (nSPS) is 22.1. The van der Waals surface area contributed by atoms with Crippen LogP contribution in [0.1, 0.15) is 26.7 Å². The summed E-state index contributed by atoms with van der Waals surface area (Å²) in [7, 11) is -3.18. The number of carbonyl (C=O) groups is 1. The third-order valence-electron chi connectivity index (χ3n) is 3.10. The number of amides is 1. The van der Waals surface area contributed by atoms with Crippen LogP contribution in [0.15, 0.2) is 11.5 Å². The number of nitrogens with one attached hydrogen (secondary N) is 1. The Bertz CT molecular complexity index is 469. The highest BCUT2D eigenvalue weighted by Crippen LogP contribution is 2.26. The van der Waals surface area contributed by atoms with E-state index < -0.39 is 27.2 Å². The molecular formula is C11H16N2O3S. The maximum absolute atomic E-state index is 12.0. The highest BCUT2D eigenvalue weighted by molar-refractivity contribution is 7.94. The molecule has 0 fully saturated rings. The van der Waals surface area contributed by atoms with Gasteiger partial charge in [0.05, 0.1) is 17.9 Å². The Morgan fingerprint density at radius 3 is 2.47 bits per heavy atom. The average molecular weight is 256 g/mol. The molecule has 0 spiro atoms. The quantitative estimate of drug-likeness (QED) is 0.803. The van der Waals surface area contributed by atoms with Crippen molar-refractivity contribution < 1.29 is 13.2 Å². The first-order valence-corrected chi connectivity index (χ1v) is 7.24. The molecule has 0 aliphatic carbocycles. The van der Waals surface area contributed by atoms with Gasteiger partial charge in [-0.2, -0.15) is 5.26 Å². The van der Waals surface area contributed by atoms with Gasteiger partial charge in [-0.15, -0.1) is 0 Å². The van der Waals surface area contributed by atoms with E-state index in [-0.39, 0.29) is 5.75 Å². The number of rotatable bonds is 4. The molecule has 1 rings (SSSR count). The van der Waals surface area contributed by atoms with E-state index in [2.05, 4.69) is 5.32 Å². The number of hydrogen-bond donors (Lipinski definition) is 1. The molecule has 1 amide bonds. The summed E-state index contributed by atoms with van der Waals surface area (Å²) in [5, 5.41) is 12.8. The summed E-state index contributed by atoms with van der Waals surface area (Å²) in [5.41, 5.74) is -1.06. The molecule has 1 heterocycles. The molecule has 0 bridgehead atoms. The summed E-state index contributed by atoms with van der Waals surface area (Å²) >= 11 is 0. The van der Waals surface area contributed by atoms with Gasteiger partial charge < -0.3 is 5.32 Å². The van der Waals surface area contributed by atoms with Gasteiger partial charge in [-0.3, -0.25) is 4.79 Å². The van der Waals surface area contributed by atoms with Crippen LogP contribution in [0, 0.1) is 16.7 Å². The van der Waals surface area contributed by atoms with Gasteiger partial charge in [-0.05, 0) is 18.9 Å². The van der Waals surface area contributed by atoms with Gasteiger partial charge in [0.15, 0.2) is 9.84 Å². The van der Waals surface area contributed by atoms with E-state index >= 15 is 0 Å². The zero-order valence-corrected chi connectivity index (χ0v) is 10.8. The fourth-order valence-electron chi connectivity index (χ4n) is 1.75. The third-order valence-corrected chi connectivity index (χ3v) is 4.50. The summed E-state index contributed by atoms with van der Waals surface area (Å²) in [4.78, 5) is 12.0. The van der Waals surface area contributed by atoms with Gasteiger partial charge in [-0.25, -0.2) is 8.42 Å². The minimum absolute atomic E-state index is 0.117. The Labute approximate surface area is 101 Å². The van der Waals surface area contributed by atoms with Crippen LogP contribution in [0.3, 0.4) is 0 Å². The van der Waals surface area contributed by atoms with Crippen molar-refractivity contribution in [1.82, 2.24) is 5.32 Å². The van der Waals surface area contributed by atoms with Crippen LogP contribution in [0.4, 0.5) is 0 Å². The predicted octanol–water partition coefficient (Wildman–Crippen LogP) is 0.743. The first kappa shape index (κ1) is 13.7. The van der Waals surface area contributed by atoms with Crippen molar-refractivity contribution in [3.05, 3.63) is 11.5 Å². The lowest BCUT2D eigenvalue weighted by molar-refractivity contribution is -0.128. The van der Waals surface area contributed by atoms with Crippen LogP contribution in [-0.2, 0) is 14.6 Å². The van der Waals surface area contributed by atoms with Crippen molar-refractivity contribution in [2.45, 2.75) is 32.7 Å². The molecule has 6 heteroatoms. The van der Waals surface area contributed by atoms with Crippen LogP contribution in [0.5, 0.6) is 0 Å². The summed E-state index contributed by atoms with van der Waals surface area (Å²) in [6, 6.07) is 1.51. The predicted molar refractivity (Wildman–Crippen MR) is 63.5 cm³/mol. The van der Waals surface area contributed by atoms with Gasteiger partial charge in [0, 0.05) is 5.41 Å². The Hall–Kier alpha value is -1.35. The van der Waals surface area contributed by atoms with Gasteiger partial charge in [0.1, 0.15) is 5.41 Å². The SMILES string of the molecule is CCC(C#N)(CC)C(=O)NC1C=CS(=O)(=O)C1. The number of nitrogens with zero attached hydrogens (tertiary/aromatic N) is 1. The maximum atomic E-state index is 12.0. The van der Waals surface area contributed by atoms with Crippen molar-refractivity contribution in [2.24, 2.45) is 5.41 Å². The van der Waals surface area contributed by atoms with Crippen LogP contribution >= 0.6 is 0 Å². The molecule has 0 aromatic carbocycles. The molecule has 0 saturated heterocycles. The van der Waals surface area contributed by atoms with Crippen LogP contribution in [-0.4, -0.2) is 26.1 Å². The van der Waals surface area contributed by atoms with Crippen molar-refractivity contribution >= 4 is 15.7 Å². The number of sulfone groups is 1. The second kappa shape index (κ2) is 4.88. The Morgan fingerprint density at radius 1 is 1.53 bits per heavy atom. The fraction of sp³-hybridized carbons (Fsp3) is 0.636. The average Bonchev–Trinajstić information content (AvgIpc) is 2.61. The van der Waals surface area contributed by atoms with Crippen LogP contribution in [0.2, 0.25) is 0 Å². The van der Waals surface area contributed by atoms with E-state index in [9.17, 15) is 13.2 Å². The molecule has 0 saturated carbocycles. The van der Waals surface area contributed by atoms with Crippen LogP contribution in [0.25, 0.3) is 0 Å². The molecule has 94 valence electrons. The molecule has 1 aliphatic rings. The molecule has 0 aromatic rings. The topological polar surface area (TPSA) is 87.0 Å². The summed E-state index contributed by atoms with van der Waals surface area (Å²) in [6.45, 7) is 3.54. The van der Waals surface area contributed by atoms with E-state index in [4.69, 9.17) is 5.26 Å². The van der Waals surface area contributed by atoms with E-state index in [1.54, 1.807) is 13.8 Å². The summed E-state index contributed by atoms with van der Waals surface area (Å²) < 4.78 is 22.4. The Morgan fingerprint density at radius 2 is 2.12 bits per heavy atom. The number of nitriles is 1. The van der Waals surface area contributed by atoms with E-state index in [0.29, 0.717) is 12.8 Å². The zero-order valence-electron chi connectivity index (χ0n) is 9.93. The molecule has 0 aromatic heterocycles. The van der Waals surface area contributed by atoms with Gasteiger partial charge in [-0.1, -0.05) is 13.8 Å². The highest BCUT2D eigenvalue weighted by Gasteiger charge is 2.37. The zero-order chi connectivity index (χ0) is 13.1. The first-order chi connectivity index (χ1) is 7.89. The largest absolute Gasteiger partial charge is 0.347 e. The summed E-state index contributed by atoms with van der Waals surface area (Å²) in [6.07, 6.45) is 2.27. The number of carbonyl (C=O) groups excluding carboxylic acids is 1. The molecule has 1 aliphatic heterocycles. The molecule has 0 radical (unpaired) electrons. The molecular weight excluding hydrogens is 240 g/mol. The molecule has 5 nitrogen and oxygen atoms in total. The molecule has 1 atom stereocenters. The molecule has 1 N–H and O–H groups in total. The van der Waals surface area contributed by atoms with Crippen molar-refractivity contribution in [3.63, 3.8) is 0 Å². The lowest BCUT2D eigenvalue weighted by Crippen LogP contribution is -2.45. The second-order valence-electron chi connectivity index (χ2n) is 4.14. The third kappa shape index (κ3) is 2.86. The molecule has 1 unspecified atom stereocenters. The minimum atomic E-state index is -3.18. The monoisotopic (exact) mass is 256 g/mol. The summed E-state index contributed by atoms with van der Waals surface area (Å²) in [5.74, 6) is -0.509. The minimum Gasteiger partial charge on any atom is -0.347 e. The standard InChI is InChI=1S/C11H16N2O3S/c1-3-11(4-2,8-12)10(14)13-9-5-6-17(15,16)7-9/h5-6,9H,3-4,7H2,1-2H3,(H,13,14). The Kier molecular flexibility index (Phi) is 3.94. The van der Waals surface area contributed by atoms with E-state index in [1.165, 1.54) is 6.08 Å². The lowest BCUT2D eigenvalue weighted by atomic mass is 9.83. The lowest BCUT2D eigenvalue weighted by Gasteiger charge is -2.23. The van der Waals surface area contributed by atoms with Crippen molar-refractivity contribution in [3.8, 4) is 6.07 Å². The first-order valence-electron chi connectivity index (χ1n) is 5.52. The number of hydrogen-bond acceptors (Lipinski definition) is 4. The maximum Gasteiger partial charge on any atom is 0.240 e. The molecule has 17 heavy (non-hydrogen) atoms. The van der Waals surface area contributed by atoms with Crippen LogP contribution < -0.4 is 5.32 Å². The van der Waals surface area contributed by atoms with Crippen molar-refractivity contribution in [1.29, 1.82) is 5.26 Å². The van der Waals surface area contributed by atoms with Gasteiger partial charge in [0.2, 0.25) is 5.91 Å².